The first-order valence-electron chi connectivity index (χ1n) is 9.01. The van der Waals surface area contributed by atoms with Gasteiger partial charge in [0.15, 0.2) is 5.76 Å². The van der Waals surface area contributed by atoms with Gasteiger partial charge >= 0.3 is 0 Å². The maximum Gasteiger partial charge on any atom is 0.232 e. The molecule has 0 N–H and O–H groups in total. The smallest absolute Gasteiger partial charge is 0.232 e. The molecule has 5 nitrogen and oxygen atoms in total. The van der Waals surface area contributed by atoms with Crippen LogP contribution in [0.4, 0.5) is 0 Å². The summed E-state index contributed by atoms with van der Waals surface area (Å²) < 4.78 is 17.1. The quantitative estimate of drug-likeness (QED) is 0.512. The summed E-state index contributed by atoms with van der Waals surface area (Å²) in [7, 11) is 0. The van der Waals surface area contributed by atoms with E-state index < -0.39 is 0 Å². The molecule has 29 heavy (non-hydrogen) atoms. The third-order valence-electron chi connectivity index (χ3n) is 4.89. The van der Waals surface area contributed by atoms with Gasteiger partial charge in [0.1, 0.15) is 24.0 Å². The highest BCUT2D eigenvalue weighted by molar-refractivity contribution is 6.42. The van der Waals surface area contributed by atoms with E-state index in [0.717, 1.165) is 16.9 Å². The number of allylic oxidation sites excluding steroid dienone is 1. The number of carbonyl (C=O) groups is 1. The summed E-state index contributed by atoms with van der Waals surface area (Å²) in [6, 6.07) is 12.7. The summed E-state index contributed by atoms with van der Waals surface area (Å²) in [5, 5.41) is 1.04. The Hall–Kier alpha value is -2.73. The van der Waals surface area contributed by atoms with Gasteiger partial charge in [0.2, 0.25) is 5.78 Å². The number of hydrogen-bond donors (Lipinski definition) is 0. The fraction of sp³-hybridized carbons (Fsp3) is 0.136. The standard InChI is InChI=1S/C22H15Cl2NO4/c23-17-5-3-13(8-18(17)24)10-25-11-16-19(28-12-25)6-4-15-21(26)20(29-22(15)16)9-14-2-1-7-27-14/h1-9H,10-12H2/b20-9-. The Kier molecular flexibility index (Phi) is 4.59. The molecule has 0 bridgehead atoms. The van der Waals surface area contributed by atoms with Crippen LogP contribution in [0, 0.1) is 0 Å². The highest BCUT2D eigenvalue weighted by Crippen LogP contribution is 2.42. The van der Waals surface area contributed by atoms with Gasteiger partial charge in [-0.15, -0.1) is 0 Å². The Morgan fingerprint density at radius 2 is 2.00 bits per heavy atom. The van der Waals surface area contributed by atoms with Crippen LogP contribution < -0.4 is 9.47 Å². The zero-order chi connectivity index (χ0) is 20.0. The van der Waals surface area contributed by atoms with Gasteiger partial charge in [0.25, 0.3) is 0 Å². The van der Waals surface area contributed by atoms with E-state index in [-0.39, 0.29) is 11.5 Å². The molecule has 3 heterocycles. The van der Waals surface area contributed by atoms with Gasteiger partial charge in [-0.1, -0.05) is 29.3 Å². The Labute approximate surface area is 177 Å². The lowest BCUT2D eigenvalue weighted by atomic mass is 10.0. The molecule has 5 rings (SSSR count). The summed E-state index contributed by atoms with van der Waals surface area (Å²) in [6.07, 6.45) is 3.15. The molecule has 2 aliphatic rings. The molecule has 3 aromatic rings. The van der Waals surface area contributed by atoms with Crippen molar-refractivity contribution in [3.05, 3.63) is 87.0 Å². The first kappa shape index (κ1) is 18.3. The molecule has 0 atom stereocenters. The Balaban J connectivity index is 1.42. The Morgan fingerprint density at radius 3 is 2.79 bits per heavy atom. The molecule has 0 unspecified atom stereocenters. The normalized spacial score (nSPS) is 17.0. The number of benzene rings is 2. The number of rotatable bonds is 3. The molecule has 2 aromatic carbocycles. The summed E-state index contributed by atoms with van der Waals surface area (Å²) in [6.45, 7) is 1.64. The average Bonchev–Trinajstić information content (AvgIpc) is 3.34. The van der Waals surface area contributed by atoms with Crippen molar-refractivity contribution in [2.75, 3.05) is 6.73 Å². The van der Waals surface area contributed by atoms with Crippen molar-refractivity contribution in [3.63, 3.8) is 0 Å². The molecule has 7 heteroatoms. The number of halogens is 2. The molecule has 0 saturated heterocycles. The van der Waals surface area contributed by atoms with E-state index in [9.17, 15) is 4.79 Å². The second kappa shape index (κ2) is 7.26. The van der Waals surface area contributed by atoms with Crippen molar-refractivity contribution in [2.24, 2.45) is 0 Å². The first-order valence-corrected chi connectivity index (χ1v) is 9.77. The monoisotopic (exact) mass is 427 g/mol. The highest BCUT2D eigenvalue weighted by atomic mass is 35.5. The van der Waals surface area contributed by atoms with Crippen molar-refractivity contribution in [3.8, 4) is 11.5 Å². The van der Waals surface area contributed by atoms with Gasteiger partial charge in [-0.05, 0) is 42.0 Å². The van der Waals surface area contributed by atoms with Crippen LogP contribution in [0.2, 0.25) is 10.0 Å². The molecular weight excluding hydrogens is 413 g/mol. The van der Waals surface area contributed by atoms with Crippen LogP contribution >= 0.6 is 23.2 Å². The van der Waals surface area contributed by atoms with Gasteiger partial charge in [0.05, 0.1) is 27.4 Å². The number of hydrogen-bond acceptors (Lipinski definition) is 5. The molecule has 2 aliphatic heterocycles. The third-order valence-corrected chi connectivity index (χ3v) is 5.63. The molecular formula is C22H15Cl2NO4. The lowest BCUT2D eigenvalue weighted by Gasteiger charge is -2.29. The van der Waals surface area contributed by atoms with Gasteiger partial charge in [0, 0.05) is 19.2 Å². The number of carbonyl (C=O) groups excluding carboxylic acids is 1. The average molecular weight is 428 g/mol. The van der Waals surface area contributed by atoms with Crippen molar-refractivity contribution < 1.29 is 18.7 Å². The number of ketones is 1. The summed E-state index contributed by atoms with van der Waals surface area (Å²) in [5.41, 5.74) is 2.40. The highest BCUT2D eigenvalue weighted by Gasteiger charge is 2.33. The minimum Gasteiger partial charge on any atom is -0.478 e. The SMILES string of the molecule is O=C1/C(=C/c2ccco2)Oc2c1ccc1c2CN(Cc2ccc(Cl)c(Cl)c2)CO1. The van der Waals surface area contributed by atoms with Crippen LogP contribution in [-0.2, 0) is 13.1 Å². The van der Waals surface area contributed by atoms with Gasteiger partial charge < -0.3 is 13.9 Å². The van der Waals surface area contributed by atoms with E-state index in [2.05, 4.69) is 4.90 Å². The van der Waals surface area contributed by atoms with Crippen molar-refractivity contribution >= 4 is 35.1 Å². The van der Waals surface area contributed by atoms with Crippen LogP contribution in [0.5, 0.6) is 11.5 Å². The zero-order valence-electron chi connectivity index (χ0n) is 15.2. The number of fused-ring (bicyclic) bond motifs is 3. The van der Waals surface area contributed by atoms with E-state index >= 15 is 0 Å². The molecule has 146 valence electrons. The minimum absolute atomic E-state index is 0.166. The third kappa shape index (κ3) is 3.42. The van der Waals surface area contributed by atoms with Crippen molar-refractivity contribution in [1.82, 2.24) is 4.90 Å². The van der Waals surface area contributed by atoms with Gasteiger partial charge in [-0.3, -0.25) is 9.69 Å². The maximum absolute atomic E-state index is 12.7. The van der Waals surface area contributed by atoms with Crippen LogP contribution in [0.15, 0.2) is 58.9 Å². The van der Waals surface area contributed by atoms with Crippen LogP contribution in [0.1, 0.15) is 27.2 Å². The number of furan rings is 1. The molecule has 0 aliphatic carbocycles. The first-order chi connectivity index (χ1) is 14.1. The Bertz CT molecular complexity index is 1140. The lowest BCUT2D eigenvalue weighted by molar-refractivity contribution is 0.0873. The zero-order valence-corrected chi connectivity index (χ0v) is 16.7. The maximum atomic E-state index is 12.7. The molecule has 0 amide bonds. The molecule has 0 saturated carbocycles. The molecule has 0 spiro atoms. The lowest BCUT2D eigenvalue weighted by Crippen LogP contribution is -2.31. The van der Waals surface area contributed by atoms with E-state index in [1.54, 1.807) is 36.6 Å². The van der Waals surface area contributed by atoms with E-state index in [1.165, 1.54) is 0 Å². The van der Waals surface area contributed by atoms with Gasteiger partial charge in [-0.25, -0.2) is 0 Å². The van der Waals surface area contributed by atoms with Gasteiger partial charge in [-0.2, -0.15) is 0 Å². The van der Waals surface area contributed by atoms with Crippen LogP contribution in [0.3, 0.4) is 0 Å². The number of Topliss-reactive ketones (excluding diaryl/α,β-unsaturated/α-hetero) is 1. The predicted molar refractivity (Wildman–Crippen MR) is 109 cm³/mol. The largest absolute Gasteiger partial charge is 0.478 e. The second-order valence-electron chi connectivity index (χ2n) is 6.88. The fourth-order valence-electron chi connectivity index (χ4n) is 3.50. The van der Waals surface area contributed by atoms with E-state index in [1.807, 2.05) is 18.2 Å². The minimum atomic E-state index is -0.166. The summed E-state index contributed by atoms with van der Waals surface area (Å²) in [4.78, 5) is 14.8. The number of ether oxygens (including phenoxy) is 2. The van der Waals surface area contributed by atoms with Crippen LogP contribution in [-0.4, -0.2) is 17.4 Å². The summed E-state index contributed by atoms with van der Waals surface area (Å²) in [5.74, 6) is 1.91. The predicted octanol–water partition coefficient (Wildman–Crippen LogP) is 5.55. The second-order valence-corrected chi connectivity index (χ2v) is 7.70. The molecule has 0 fully saturated rings. The van der Waals surface area contributed by atoms with E-state index in [0.29, 0.717) is 46.9 Å². The number of nitrogens with zero attached hydrogens (tertiary/aromatic N) is 1. The topological polar surface area (TPSA) is 51.9 Å². The van der Waals surface area contributed by atoms with Crippen molar-refractivity contribution in [2.45, 2.75) is 13.1 Å². The molecule has 1 aromatic heterocycles. The van der Waals surface area contributed by atoms with Crippen molar-refractivity contribution in [1.29, 1.82) is 0 Å². The Morgan fingerprint density at radius 1 is 1.10 bits per heavy atom. The summed E-state index contributed by atoms with van der Waals surface area (Å²) >= 11 is 12.1. The van der Waals surface area contributed by atoms with Crippen LogP contribution in [0.25, 0.3) is 6.08 Å². The van der Waals surface area contributed by atoms with E-state index in [4.69, 9.17) is 37.1 Å². The fourth-order valence-corrected chi connectivity index (χ4v) is 3.83. The molecule has 0 radical (unpaired) electrons.